The van der Waals surface area contributed by atoms with E-state index in [0.717, 1.165) is 6.07 Å². The molecule has 5 heteroatoms. The highest BCUT2D eigenvalue weighted by Crippen LogP contribution is 2.21. The molecule has 0 unspecified atom stereocenters. The van der Waals surface area contributed by atoms with Crippen LogP contribution in [0.2, 0.25) is 0 Å². The molecule has 0 fully saturated rings. The molecule has 0 radical (unpaired) electrons. The van der Waals surface area contributed by atoms with E-state index in [2.05, 4.69) is 4.98 Å². The van der Waals surface area contributed by atoms with Crippen LogP contribution < -0.4 is 4.74 Å². The van der Waals surface area contributed by atoms with E-state index < -0.39 is 23.0 Å². The van der Waals surface area contributed by atoms with Gasteiger partial charge in [0.05, 0.1) is 0 Å². The lowest BCUT2D eigenvalue weighted by atomic mass is 10.2. The average Bonchev–Trinajstić information content (AvgIpc) is 2.05. The molecule has 1 aromatic rings. The third kappa shape index (κ3) is 2.90. The highest BCUT2D eigenvalue weighted by Gasteiger charge is 2.20. The van der Waals surface area contributed by atoms with Crippen LogP contribution in [-0.4, -0.2) is 21.7 Å². The van der Waals surface area contributed by atoms with Crippen LogP contribution in [0.5, 0.6) is 5.88 Å². The van der Waals surface area contributed by atoms with Gasteiger partial charge in [-0.05, 0) is 26.8 Å². The molecule has 0 saturated carbocycles. The smallest absolute Gasteiger partial charge is 0.338 e. The number of halogens is 1. The van der Waals surface area contributed by atoms with Crippen LogP contribution in [0.3, 0.4) is 0 Å². The van der Waals surface area contributed by atoms with E-state index in [0.29, 0.717) is 0 Å². The number of hydrogen-bond donors (Lipinski definition) is 1. The Morgan fingerprint density at radius 2 is 2.13 bits per heavy atom. The van der Waals surface area contributed by atoms with E-state index in [1.54, 1.807) is 20.8 Å². The Labute approximate surface area is 86.7 Å². The van der Waals surface area contributed by atoms with Crippen molar-refractivity contribution in [3.63, 3.8) is 0 Å². The quantitative estimate of drug-likeness (QED) is 0.817. The molecule has 0 spiro atoms. The summed E-state index contributed by atoms with van der Waals surface area (Å²) in [5, 5.41) is 8.67. The molecule has 0 bridgehead atoms. The third-order valence-electron chi connectivity index (χ3n) is 1.49. The summed E-state index contributed by atoms with van der Waals surface area (Å²) in [4.78, 5) is 14.3. The number of carboxylic acid groups (broad SMARTS) is 1. The van der Waals surface area contributed by atoms with Crippen LogP contribution in [0, 0.1) is 5.82 Å². The van der Waals surface area contributed by atoms with Crippen LogP contribution >= 0.6 is 0 Å². The van der Waals surface area contributed by atoms with Gasteiger partial charge in [0, 0.05) is 6.20 Å². The molecule has 4 nitrogen and oxygen atoms in total. The Hall–Kier alpha value is -1.65. The first kappa shape index (κ1) is 11.4. The number of hydrogen-bond acceptors (Lipinski definition) is 3. The number of carbonyl (C=O) groups is 1. The molecule has 15 heavy (non-hydrogen) atoms. The summed E-state index contributed by atoms with van der Waals surface area (Å²) in [7, 11) is 0. The van der Waals surface area contributed by atoms with Gasteiger partial charge in [0.25, 0.3) is 5.88 Å². The van der Waals surface area contributed by atoms with E-state index in [4.69, 9.17) is 9.84 Å². The number of rotatable bonds is 2. The fraction of sp³-hybridized carbons (Fsp3) is 0.400. The SMILES string of the molecule is CC(C)(C)Oc1nccc(C(=O)O)c1F. The molecular formula is C10H12FNO3. The minimum absolute atomic E-state index is 0.289. The van der Waals surface area contributed by atoms with Gasteiger partial charge in [-0.3, -0.25) is 0 Å². The first-order valence-corrected chi connectivity index (χ1v) is 4.38. The Kier molecular flexibility index (Phi) is 2.93. The zero-order valence-corrected chi connectivity index (χ0v) is 8.74. The molecule has 0 aliphatic carbocycles. The highest BCUT2D eigenvalue weighted by molar-refractivity contribution is 5.88. The maximum absolute atomic E-state index is 13.5. The van der Waals surface area contributed by atoms with E-state index in [-0.39, 0.29) is 5.88 Å². The number of pyridine rings is 1. The Morgan fingerprint density at radius 1 is 1.53 bits per heavy atom. The summed E-state index contributed by atoms with van der Waals surface area (Å²) in [6, 6.07) is 1.09. The number of carboxylic acids is 1. The molecule has 0 aliphatic heterocycles. The molecule has 1 rings (SSSR count). The lowest BCUT2D eigenvalue weighted by Crippen LogP contribution is -2.24. The van der Waals surface area contributed by atoms with Crippen molar-refractivity contribution < 1.29 is 19.0 Å². The average molecular weight is 213 g/mol. The van der Waals surface area contributed by atoms with Crippen molar-refractivity contribution in [2.75, 3.05) is 0 Å². The molecule has 0 aromatic carbocycles. The Bertz CT molecular complexity index is 385. The van der Waals surface area contributed by atoms with Crippen molar-refractivity contribution in [2.45, 2.75) is 26.4 Å². The van der Waals surface area contributed by atoms with Gasteiger partial charge >= 0.3 is 5.97 Å². The highest BCUT2D eigenvalue weighted by atomic mass is 19.1. The first-order valence-electron chi connectivity index (χ1n) is 4.38. The van der Waals surface area contributed by atoms with Crippen molar-refractivity contribution in [3.8, 4) is 5.88 Å². The van der Waals surface area contributed by atoms with Gasteiger partial charge in [0.1, 0.15) is 11.2 Å². The van der Waals surface area contributed by atoms with Crippen LogP contribution in [0.15, 0.2) is 12.3 Å². The van der Waals surface area contributed by atoms with E-state index >= 15 is 0 Å². The molecule has 1 N–H and O–H groups in total. The van der Waals surface area contributed by atoms with Gasteiger partial charge < -0.3 is 9.84 Å². The minimum atomic E-state index is -1.34. The van der Waals surface area contributed by atoms with E-state index in [9.17, 15) is 9.18 Å². The number of aromatic nitrogens is 1. The fourth-order valence-corrected chi connectivity index (χ4v) is 0.951. The second kappa shape index (κ2) is 3.84. The monoisotopic (exact) mass is 213 g/mol. The van der Waals surface area contributed by atoms with Gasteiger partial charge in [0.2, 0.25) is 0 Å². The van der Waals surface area contributed by atoms with Gasteiger partial charge in [-0.2, -0.15) is 0 Å². The topological polar surface area (TPSA) is 59.4 Å². The number of ether oxygens (including phenoxy) is 1. The molecule has 1 aromatic heterocycles. The van der Waals surface area contributed by atoms with Crippen molar-refractivity contribution in [3.05, 3.63) is 23.6 Å². The summed E-state index contributed by atoms with van der Waals surface area (Å²) >= 11 is 0. The second-order valence-corrected chi connectivity index (χ2v) is 4.00. The normalized spacial score (nSPS) is 11.2. The number of nitrogens with zero attached hydrogens (tertiary/aromatic N) is 1. The Balaban J connectivity index is 3.10. The summed E-state index contributed by atoms with van der Waals surface area (Å²) in [6.45, 7) is 5.17. The minimum Gasteiger partial charge on any atom is -0.478 e. The van der Waals surface area contributed by atoms with Crippen molar-refractivity contribution in [1.82, 2.24) is 4.98 Å². The van der Waals surface area contributed by atoms with Crippen LogP contribution in [-0.2, 0) is 0 Å². The van der Waals surface area contributed by atoms with Gasteiger partial charge in [0.15, 0.2) is 5.82 Å². The van der Waals surface area contributed by atoms with Gasteiger partial charge in [-0.15, -0.1) is 0 Å². The zero-order valence-electron chi connectivity index (χ0n) is 8.74. The molecular weight excluding hydrogens is 201 g/mol. The lowest BCUT2D eigenvalue weighted by molar-refractivity contribution is 0.0685. The first-order chi connectivity index (χ1) is 6.81. The van der Waals surface area contributed by atoms with Crippen molar-refractivity contribution in [1.29, 1.82) is 0 Å². The fourth-order valence-electron chi connectivity index (χ4n) is 0.951. The summed E-state index contributed by atoms with van der Waals surface area (Å²) < 4.78 is 18.7. The maximum Gasteiger partial charge on any atom is 0.338 e. The molecule has 0 aliphatic rings. The van der Waals surface area contributed by atoms with Crippen LogP contribution in [0.4, 0.5) is 4.39 Å². The zero-order chi connectivity index (χ0) is 11.6. The predicted molar refractivity (Wildman–Crippen MR) is 51.5 cm³/mol. The van der Waals surface area contributed by atoms with Crippen LogP contribution in [0.25, 0.3) is 0 Å². The molecule has 1 heterocycles. The maximum atomic E-state index is 13.5. The second-order valence-electron chi connectivity index (χ2n) is 4.00. The summed E-state index contributed by atoms with van der Waals surface area (Å²) in [6.07, 6.45) is 1.20. The van der Waals surface area contributed by atoms with Crippen LogP contribution in [0.1, 0.15) is 31.1 Å². The lowest BCUT2D eigenvalue weighted by Gasteiger charge is -2.20. The Morgan fingerprint density at radius 3 is 2.60 bits per heavy atom. The van der Waals surface area contributed by atoms with Crippen molar-refractivity contribution >= 4 is 5.97 Å². The summed E-state index contributed by atoms with van der Waals surface area (Å²) in [5.41, 5.74) is -1.06. The van der Waals surface area contributed by atoms with Gasteiger partial charge in [-0.1, -0.05) is 0 Å². The van der Waals surface area contributed by atoms with E-state index in [1.807, 2.05) is 0 Å². The molecule has 0 amide bonds. The van der Waals surface area contributed by atoms with Gasteiger partial charge in [-0.25, -0.2) is 14.2 Å². The predicted octanol–water partition coefficient (Wildman–Crippen LogP) is 2.10. The van der Waals surface area contributed by atoms with Crippen molar-refractivity contribution in [2.24, 2.45) is 0 Å². The largest absolute Gasteiger partial charge is 0.478 e. The standard InChI is InChI=1S/C10H12FNO3/c1-10(2,3)15-8-7(11)6(9(13)14)4-5-12-8/h4-5H,1-3H3,(H,13,14). The summed E-state index contributed by atoms with van der Waals surface area (Å²) in [5.74, 6) is -2.57. The molecule has 0 saturated heterocycles. The third-order valence-corrected chi connectivity index (χ3v) is 1.49. The molecule has 0 atom stereocenters. The number of aromatic carboxylic acids is 1. The van der Waals surface area contributed by atoms with E-state index in [1.165, 1.54) is 6.20 Å². The molecule has 82 valence electrons.